The Bertz CT molecular complexity index is 364. The van der Waals surface area contributed by atoms with Crippen LogP contribution in [-0.4, -0.2) is 6.61 Å². The molecule has 0 saturated heterocycles. The van der Waals surface area contributed by atoms with Crippen LogP contribution in [0.5, 0.6) is 5.75 Å². The zero-order chi connectivity index (χ0) is 11.5. The summed E-state index contributed by atoms with van der Waals surface area (Å²) in [7, 11) is 0. The Morgan fingerprint density at radius 3 is 2.75 bits per heavy atom. The first kappa shape index (κ1) is 11.2. The average molecular weight is 227 g/mol. The number of halogens is 2. The molecule has 1 fully saturated rings. The van der Waals surface area contributed by atoms with Crippen molar-refractivity contribution in [2.75, 3.05) is 12.3 Å². The largest absolute Gasteiger partial charge is 0.493 e. The monoisotopic (exact) mass is 227 g/mol. The number of rotatable bonds is 5. The van der Waals surface area contributed by atoms with E-state index in [1.165, 1.54) is 25.0 Å². The van der Waals surface area contributed by atoms with Crippen molar-refractivity contribution in [2.24, 2.45) is 5.92 Å². The number of nitrogen functional groups attached to an aromatic ring is 1. The van der Waals surface area contributed by atoms with Crippen molar-refractivity contribution in [3.05, 3.63) is 23.8 Å². The molecule has 1 aliphatic rings. The Labute approximate surface area is 93.4 Å². The van der Waals surface area contributed by atoms with Gasteiger partial charge in [-0.15, -0.1) is 0 Å². The second-order valence-corrected chi connectivity index (χ2v) is 4.18. The Kier molecular flexibility index (Phi) is 3.27. The highest BCUT2D eigenvalue weighted by atomic mass is 19.3. The lowest BCUT2D eigenvalue weighted by Gasteiger charge is -2.11. The molecule has 1 saturated carbocycles. The van der Waals surface area contributed by atoms with Gasteiger partial charge in [0.1, 0.15) is 5.75 Å². The van der Waals surface area contributed by atoms with Crippen molar-refractivity contribution < 1.29 is 13.5 Å². The zero-order valence-electron chi connectivity index (χ0n) is 8.96. The quantitative estimate of drug-likeness (QED) is 0.782. The van der Waals surface area contributed by atoms with Gasteiger partial charge in [-0.3, -0.25) is 0 Å². The minimum absolute atomic E-state index is 0.115. The van der Waals surface area contributed by atoms with Crippen LogP contribution in [0, 0.1) is 5.92 Å². The first-order valence-corrected chi connectivity index (χ1v) is 5.47. The lowest BCUT2D eigenvalue weighted by molar-refractivity contribution is 0.145. The van der Waals surface area contributed by atoms with Crippen LogP contribution < -0.4 is 10.5 Å². The molecule has 2 rings (SSSR count). The summed E-state index contributed by atoms with van der Waals surface area (Å²) >= 11 is 0. The fourth-order valence-electron chi connectivity index (χ4n) is 1.61. The van der Waals surface area contributed by atoms with Gasteiger partial charge in [0.05, 0.1) is 12.2 Å². The second kappa shape index (κ2) is 4.68. The molecule has 0 aromatic heterocycles. The van der Waals surface area contributed by atoms with Gasteiger partial charge < -0.3 is 10.5 Å². The highest BCUT2D eigenvalue weighted by molar-refractivity contribution is 5.48. The Balaban J connectivity index is 1.99. The molecule has 0 radical (unpaired) electrons. The highest BCUT2D eigenvalue weighted by Crippen LogP contribution is 2.34. The van der Waals surface area contributed by atoms with Crippen molar-refractivity contribution in [3.63, 3.8) is 0 Å². The molecule has 1 aromatic rings. The van der Waals surface area contributed by atoms with Crippen LogP contribution in [0.1, 0.15) is 31.3 Å². The summed E-state index contributed by atoms with van der Waals surface area (Å²) in [5.41, 5.74) is 5.69. The van der Waals surface area contributed by atoms with E-state index in [1.54, 1.807) is 6.07 Å². The molecule has 88 valence electrons. The minimum atomic E-state index is -2.54. The van der Waals surface area contributed by atoms with Gasteiger partial charge >= 0.3 is 0 Å². The standard InChI is InChI=1S/C12H15F2NO/c13-12(14)10-7-9(15)3-4-11(10)16-6-5-8-1-2-8/h3-4,7-8,12H,1-2,5-6,15H2. The predicted molar refractivity (Wildman–Crippen MR) is 58.6 cm³/mol. The Morgan fingerprint density at radius 1 is 1.38 bits per heavy atom. The molecule has 1 aliphatic carbocycles. The maximum atomic E-state index is 12.7. The first-order chi connectivity index (χ1) is 7.66. The van der Waals surface area contributed by atoms with E-state index in [0.29, 0.717) is 12.3 Å². The Morgan fingerprint density at radius 2 is 2.12 bits per heavy atom. The van der Waals surface area contributed by atoms with Gasteiger partial charge in [0.25, 0.3) is 6.43 Å². The molecule has 0 unspecified atom stereocenters. The molecule has 2 nitrogen and oxygen atoms in total. The molecule has 0 atom stereocenters. The van der Waals surface area contributed by atoms with E-state index in [-0.39, 0.29) is 11.3 Å². The van der Waals surface area contributed by atoms with Gasteiger partial charge in [-0.1, -0.05) is 12.8 Å². The lowest BCUT2D eigenvalue weighted by atomic mass is 10.2. The van der Waals surface area contributed by atoms with Gasteiger partial charge in [0.15, 0.2) is 0 Å². The number of ether oxygens (including phenoxy) is 1. The molecule has 4 heteroatoms. The van der Waals surface area contributed by atoms with E-state index < -0.39 is 6.43 Å². The third kappa shape index (κ3) is 2.84. The van der Waals surface area contributed by atoms with Crippen LogP contribution in [0.4, 0.5) is 14.5 Å². The van der Waals surface area contributed by atoms with Gasteiger partial charge in [-0.25, -0.2) is 8.78 Å². The molecule has 0 aliphatic heterocycles. The summed E-state index contributed by atoms with van der Waals surface area (Å²) in [5.74, 6) is 0.994. The smallest absolute Gasteiger partial charge is 0.267 e. The van der Waals surface area contributed by atoms with E-state index in [0.717, 1.165) is 12.3 Å². The van der Waals surface area contributed by atoms with Crippen LogP contribution in [-0.2, 0) is 0 Å². The van der Waals surface area contributed by atoms with E-state index >= 15 is 0 Å². The van der Waals surface area contributed by atoms with Crippen LogP contribution in [0.25, 0.3) is 0 Å². The van der Waals surface area contributed by atoms with Crippen molar-refractivity contribution in [3.8, 4) is 5.75 Å². The van der Waals surface area contributed by atoms with Gasteiger partial charge in [0, 0.05) is 5.69 Å². The molecule has 2 N–H and O–H groups in total. The number of nitrogens with two attached hydrogens (primary N) is 1. The van der Waals surface area contributed by atoms with E-state index in [2.05, 4.69) is 0 Å². The summed E-state index contributed by atoms with van der Waals surface area (Å²) in [5, 5.41) is 0. The van der Waals surface area contributed by atoms with Gasteiger partial charge in [-0.05, 0) is 30.5 Å². The highest BCUT2D eigenvalue weighted by Gasteiger charge is 2.21. The van der Waals surface area contributed by atoms with E-state index in [9.17, 15) is 8.78 Å². The van der Waals surface area contributed by atoms with Crippen molar-refractivity contribution >= 4 is 5.69 Å². The summed E-state index contributed by atoms with van der Waals surface area (Å²) < 4.78 is 30.7. The normalized spacial score (nSPS) is 15.4. The maximum absolute atomic E-state index is 12.7. The summed E-state index contributed by atoms with van der Waals surface area (Å²) in [6.07, 6.45) is 0.895. The number of anilines is 1. The maximum Gasteiger partial charge on any atom is 0.267 e. The van der Waals surface area contributed by atoms with Crippen LogP contribution >= 0.6 is 0 Å². The molecule has 0 amide bonds. The van der Waals surface area contributed by atoms with Crippen LogP contribution in [0.3, 0.4) is 0 Å². The SMILES string of the molecule is Nc1ccc(OCCC2CC2)c(C(F)F)c1. The summed E-state index contributed by atoms with van der Waals surface area (Å²) in [6, 6.07) is 4.37. The molecule has 0 bridgehead atoms. The number of hydrogen-bond donors (Lipinski definition) is 1. The molecule has 0 heterocycles. The number of hydrogen-bond acceptors (Lipinski definition) is 2. The lowest BCUT2D eigenvalue weighted by Crippen LogP contribution is -2.02. The fraction of sp³-hybridized carbons (Fsp3) is 0.500. The number of alkyl halides is 2. The van der Waals surface area contributed by atoms with Gasteiger partial charge in [-0.2, -0.15) is 0 Å². The molecule has 0 spiro atoms. The zero-order valence-corrected chi connectivity index (χ0v) is 8.96. The Hall–Kier alpha value is -1.32. The van der Waals surface area contributed by atoms with Crippen molar-refractivity contribution in [2.45, 2.75) is 25.7 Å². The van der Waals surface area contributed by atoms with Crippen LogP contribution in [0.15, 0.2) is 18.2 Å². The molecular weight excluding hydrogens is 212 g/mol. The van der Waals surface area contributed by atoms with Crippen LogP contribution in [0.2, 0.25) is 0 Å². The molecular formula is C12H15F2NO. The topological polar surface area (TPSA) is 35.2 Å². The number of benzene rings is 1. The fourth-order valence-corrected chi connectivity index (χ4v) is 1.61. The molecule has 1 aromatic carbocycles. The first-order valence-electron chi connectivity index (χ1n) is 5.47. The van der Waals surface area contributed by atoms with Crippen molar-refractivity contribution in [1.82, 2.24) is 0 Å². The van der Waals surface area contributed by atoms with Gasteiger partial charge in [0.2, 0.25) is 0 Å². The second-order valence-electron chi connectivity index (χ2n) is 4.18. The van der Waals surface area contributed by atoms with E-state index in [1.807, 2.05) is 0 Å². The minimum Gasteiger partial charge on any atom is -0.493 e. The predicted octanol–water partition coefficient (Wildman–Crippen LogP) is 3.39. The average Bonchev–Trinajstić information content (AvgIpc) is 3.04. The summed E-state index contributed by atoms with van der Waals surface area (Å²) in [6.45, 7) is 0.508. The summed E-state index contributed by atoms with van der Waals surface area (Å²) in [4.78, 5) is 0. The van der Waals surface area contributed by atoms with E-state index in [4.69, 9.17) is 10.5 Å². The third-order valence-electron chi connectivity index (χ3n) is 2.75. The third-order valence-corrected chi connectivity index (χ3v) is 2.75. The molecule has 16 heavy (non-hydrogen) atoms. The van der Waals surface area contributed by atoms with Crippen molar-refractivity contribution in [1.29, 1.82) is 0 Å².